The van der Waals surface area contributed by atoms with Crippen LogP contribution in [0.1, 0.15) is 11.1 Å². The molecular formula is C98H64N2S2. The van der Waals surface area contributed by atoms with Crippen LogP contribution in [0.15, 0.2) is 352 Å². The largest absolute Gasteiger partial charge is 0.310 e. The number of rotatable bonds is 11. The van der Waals surface area contributed by atoms with Crippen LogP contribution in [0.25, 0.3) is 161 Å². The van der Waals surface area contributed by atoms with Crippen molar-refractivity contribution in [2.45, 2.75) is 13.8 Å². The Balaban J connectivity index is 0.702. The van der Waals surface area contributed by atoms with Crippen molar-refractivity contribution in [3.63, 3.8) is 0 Å². The monoisotopic (exact) mass is 1330 g/mol. The maximum absolute atomic E-state index is 2.49. The minimum atomic E-state index is 1.08. The summed E-state index contributed by atoms with van der Waals surface area (Å²) in [6, 6.07) is 131. The van der Waals surface area contributed by atoms with Crippen LogP contribution in [0.3, 0.4) is 0 Å². The van der Waals surface area contributed by atoms with Crippen molar-refractivity contribution in [2.24, 2.45) is 0 Å². The molecule has 18 aromatic carbocycles. The van der Waals surface area contributed by atoms with Crippen LogP contribution in [0.2, 0.25) is 0 Å². The second kappa shape index (κ2) is 24.2. The van der Waals surface area contributed by atoms with Gasteiger partial charge in [-0.2, -0.15) is 0 Å². The van der Waals surface area contributed by atoms with Gasteiger partial charge < -0.3 is 9.80 Å². The SMILES string of the molecule is Cc1cc(-c2ccc(N(c3ccc(-c4ccc5c6ccccc6c6ccccc6c5c4)cc3)c3ccccc3-c3cccc4c3sc3ccccc34)c(C)c2)ccc1N(c1ccc(-c2ccc3c4ccccc4c4ccccc4c3c2)cc1)c1ccccc1-c1cccc2c1sc1ccccc12. The minimum absolute atomic E-state index is 1.08. The highest BCUT2D eigenvalue weighted by Gasteiger charge is 2.25. The fraction of sp³-hybridized carbons (Fsp3) is 0.0204. The minimum Gasteiger partial charge on any atom is -0.310 e. The van der Waals surface area contributed by atoms with E-state index in [0.717, 1.165) is 45.3 Å². The zero-order valence-electron chi connectivity index (χ0n) is 56.2. The van der Waals surface area contributed by atoms with Crippen molar-refractivity contribution in [1.29, 1.82) is 0 Å². The summed E-state index contributed by atoms with van der Waals surface area (Å²) in [6.45, 7) is 4.56. The van der Waals surface area contributed by atoms with Gasteiger partial charge in [-0.1, -0.05) is 267 Å². The number of thiophene rings is 2. The summed E-state index contributed by atoms with van der Waals surface area (Å²) in [5.74, 6) is 0. The first-order chi connectivity index (χ1) is 50.4. The molecular weight excluding hydrogens is 1270 g/mol. The smallest absolute Gasteiger partial charge is 0.0540 e. The Morgan fingerprint density at radius 1 is 0.186 bits per heavy atom. The molecule has 102 heavy (non-hydrogen) atoms. The highest BCUT2D eigenvalue weighted by Crippen LogP contribution is 2.51. The Hall–Kier alpha value is -12.4. The zero-order valence-corrected chi connectivity index (χ0v) is 57.8. The molecule has 0 radical (unpaired) electrons. The highest BCUT2D eigenvalue weighted by molar-refractivity contribution is 7.26. The Morgan fingerprint density at radius 3 is 0.833 bits per heavy atom. The van der Waals surface area contributed by atoms with Crippen molar-refractivity contribution < 1.29 is 0 Å². The number of hydrogen-bond acceptors (Lipinski definition) is 4. The molecule has 0 saturated heterocycles. The summed E-state index contributed by atoms with van der Waals surface area (Å²) in [7, 11) is 0. The molecule has 0 N–H and O–H groups in total. The summed E-state index contributed by atoms with van der Waals surface area (Å²) < 4.78 is 5.17. The lowest BCUT2D eigenvalue weighted by Crippen LogP contribution is -2.13. The third-order valence-corrected chi connectivity index (χ3v) is 23.7. The van der Waals surface area contributed by atoms with Gasteiger partial charge in [0.15, 0.2) is 0 Å². The van der Waals surface area contributed by atoms with E-state index in [-0.39, 0.29) is 0 Å². The fourth-order valence-electron chi connectivity index (χ4n) is 16.5. The van der Waals surface area contributed by atoms with E-state index in [9.17, 15) is 0 Å². The van der Waals surface area contributed by atoms with E-state index in [1.165, 1.54) is 161 Å². The number of nitrogens with zero attached hydrogens (tertiary/aromatic N) is 2. The van der Waals surface area contributed by atoms with Crippen LogP contribution in [-0.4, -0.2) is 0 Å². The Labute approximate surface area is 599 Å². The first-order valence-corrected chi connectivity index (χ1v) is 36.7. The van der Waals surface area contributed by atoms with Gasteiger partial charge in [0, 0.05) is 85.3 Å². The van der Waals surface area contributed by atoms with Gasteiger partial charge in [0.25, 0.3) is 0 Å². The number of benzene rings is 18. The Morgan fingerprint density at radius 2 is 0.461 bits per heavy atom. The summed E-state index contributed by atoms with van der Waals surface area (Å²) in [4.78, 5) is 4.98. The molecule has 0 aliphatic heterocycles. The van der Waals surface area contributed by atoms with Crippen molar-refractivity contribution in [3.05, 3.63) is 363 Å². The van der Waals surface area contributed by atoms with E-state index in [2.05, 4.69) is 375 Å². The summed E-state index contributed by atoms with van der Waals surface area (Å²) >= 11 is 3.76. The predicted octanol–water partition coefficient (Wildman–Crippen LogP) is 29.2. The molecule has 0 aliphatic carbocycles. The third-order valence-electron chi connectivity index (χ3n) is 21.3. The quantitative estimate of drug-likeness (QED) is 0.119. The van der Waals surface area contributed by atoms with Crippen LogP contribution in [-0.2, 0) is 0 Å². The van der Waals surface area contributed by atoms with Gasteiger partial charge in [-0.3, -0.25) is 0 Å². The van der Waals surface area contributed by atoms with Crippen LogP contribution >= 0.6 is 22.7 Å². The van der Waals surface area contributed by atoms with Crippen molar-refractivity contribution in [1.82, 2.24) is 0 Å². The van der Waals surface area contributed by atoms with Gasteiger partial charge in [-0.05, 0) is 208 Å². The van der Waals surface area contributed by atoms with Gasteiger partial charge in [-0.15, -0.1) is 22.7 Å². The molecule has 2 nitrogen and oxygen atoms in total. The molecule has 0 fully saturated rings. The number of hydrogen-bond donors (Lipinski definition) is 0. The van der Waals surface area contributed by atoms with E-state index in [0.29, 0.717) is 0 Å². The van der Waals surface area contributed by atoms with E-state index in [1.807, 2.05) is 22.7 Å². The van der Waals surface area contributed by atoms with Gasteiger partial charge in [0.1, 0.15) is 0 Å². The normalized spacial score (nSPS) is 11.8. The topological polar surface area (TPSA) is 6.48 Å². The average Bonchev–Trinajstić information content (AvgIpc) is 1.02. The van der Waals surface area contributed by atoms with Crippen LogP contribution < -0.4 is 9.80 Å². The lowest BCUT2D eigenvalue weighted by molar-refractivity contribution is 1.25. The van der Waals surface area contributed by atoms with E-state index in [4.69, 9.17) is 0 Å². The van der Waals surface area contributed by atoms with Crippen molar-refractivity contribution >= 4 is 162 Å². The second-order valence-corrected chi connectivity index (χ2v) is 29.2. The molecule has 20 aromatic rings. The number of anilines is 6. The molecule has 0 amide bonds. The van der Waals surface area contributed by atoms with Gasteiger partial charge >= 0.3 is 0 Å². The van der Waals surface area contributed by atoms with Crippen LogP contribution in [0.5, 0.6) is 0 Å². The lowest BCUT2D eigenvalue weighted by Gasteiger charge is -2.30. The lowest BCUT2D eigenvalue weighted by atomic mass is 9.92. The third kappa shape index (κ3) is 9.74. The molecule has 20 rings (SSSR count). The molecule has 4 heteroatoms. The zero-order chi connectivity index (χ0) is 67.5. The van der Waals surface area contributed by atoms with E-state index >= 15 is 0 Å². The van der Waals surface area contributed by atoms with Gasteiger partial charge in [0.2, 0.25) is 0 Å². The molecule has 2 heterocycles. The number of aryl methyl sites for hydroxylation is 2. The summed E-state index contributed by atoms with van der Waals surface area (Å²) in [5.41, 5.74) is 20.8. The average molecular weight is 1330 g/mol. The van der Waals surface area contributed by atoms with Crippen molar-refractivity contribution in [3.8, 4) is 55.6 Å². The maximum Gasteiger partial charge on any atom is 0.0540 e. The number of fused-ring (bicyclic) bond motifs is 18. The summed E-state index contributed by atoms with van der Waals surface area (Å²) in [6.07, 6.45) is 0. The molecule has 0 saturated carbocycles. The molecule has 0 aliphatic rings. The first kappa shape index (κ1) is 59.6. The van der Waals surface area contributed by atoms with Crippen molar-refractivity contribution in [2.75, 3.05) is 9.80 Å². The van der Waals surface area contributed by atoms with Crippen LogP contribution in [0.4, 0.5) is 34.1 Å². The highest BCUT2D eigenvalue weighted by atomic mass is 32.1. The standard InChI is InChI=1S/C98H64N2S2/c1-61-57-65(47-55-91(61)99(93-37-15-11-29-81(93)85-33-19-35-87-83-31-13-17-39-95(83)101-97(85)87)69-49-41-63(42-50-69)67-45-53-79-75-25-5-3-21-71(75)73-23-7-9-27-77(73)89(79)59-67)66-48-56-92(62(2)58-66)100(94-38-16-12-30-82(94)86-34-20-36-88-84-32-14-18-40-96(84)102-98(86)88)70-51-43-64(44-52-70)68-46-54-80-76-26-6-4-22-72(76)74-24-8-10-28-78(74)90(80)60-68/h3-60H,1-2H3. The van der Waals surface area contributed by atoms with Gasteiger partial charge in [-0.25, -0.2) is 0 Å². The van der Waals surface area contributed by atoms with Crippen LogP contribution in [0, 0.1) is 13.8 Å². The fourth-order valence-corrected chi connectivity index (χ4v) is 18.9. The van der Waals surface area contributed by atoms with E-state index in [1.54, 1.807) is 0 Å². The summed E-state index contributed by atoms with van der Waals surface area (Å²) in [5, 5.41) is 20.5. The molecule has 0 unspecified atom stereocenters. The molecule has 0 spiro atoms. The Bertz CT molecular complexity index is 6310. The molecule has 2 aromatic heterocycles. The predicted molar refractivity (Wildman–Crippen MR) is 443 cm³/mol. The second-order valence-electron chi connectivity index (χ2n) is 27.1. The maximum atomic E-state index is 2.49. The first-order valence-electron chi connectivity index (χ1n) is 35.1. The Kier molecular flexibility index (Phi) is 14.1. The molecule has 0 bridgehead atoms. The molecule has 0 atom stereocenters. The van der Waals surface area contributed by atoms with E-state index < -0.39 is 0 Å². The number of para-hydroxylation sites is 2. The molecule has 478 valence electrons. The van der Waals surface area contributed by atoms with Gasteiger partial charge in [0.05, 0.1) is 11.4 Å².